The number of hydrogen-bond acceptors (Lipinski definition) is 4. The van der Waals surface area contributed by atoms with E-state index >= 15 is 0 Å². The summed E-state index contributed by atoms with van der Waals surface area (Å²) in [6, 6.07) is 0. The molecule has 0 fully saturated rings. The minimum absolute atomic E-state index is 0.238. The third-order valence-corrected chi connectivity index (χ3v) is 5.38. The van der Waals surface area contributed by atoms with Crippen molar-refractivity contribution >= 4 is 10.0 Å². The van der Waals surface area contributed by atoms with E-state index in [0.29, 0.717) is 24.4 Å². The zero-order valence-electron chi connectivity index (χ0n) is 13.0. The highest BCUT2D eigenvalue weighted by Gasteiger charge is 2.22. The Morgan fingerprint density at radius 2 is 1.86 bits per heavy atom. The van der Waals surface area contributed by atoms with Crippen molar-refractivity contribution in [1.82, 2.24) is 24.7 Å². The van der Waals surface area contributed by atoms with E-state index in [1.54, 1.807) is 13.8 Å². The number of sulfonamides is 1. The quantitative estimate of drug-likeness (QED) is 0.858. The molecule has 0 aromatic carbocycles. The SMILES string of the molecule is Cc1nn(C)c(C)c1CCNS(=O)(=O)c1c(C)n[nH]c1C. The fraction of sp³-hybridized carbons (Fsp3) is 0.538. The highest BCUT2D eigenvalue weighted by molar-refractivity contribution is 7.89. The van der Waals surface area contributed by atoms with Gasteiger partial charge in [-0.15, -0.1) is 0 Å². The molecule has 0 saturated heterocycles. The fourth-order valence-corrected chi connectivity index (χ4v) is 3.90. The molecule has 0 unspecified atom stereocenters. The predicted octanol–water partition coefficient (Wildman–Crippen LogP) is 0.898. The molecule has 0 atom stereocenters. The molecule has 0 aliphatic carbocycles. The molecule has 116 valence electrons. The molecule has 0 bridgehead atoms. The molecule has 8 heteroatoms. The number of aromatic nitrogens is 4. The number of H-pyrrole nitrogens is 1. The van der Waals surface area contributed by atoms with E-state index in [0.717, 1.165) is 17.0 Å². The zero-order valence-corrected chi connectivity index (χ0v) is 13.8. The molecule has 0 amide bonds. The standard InChI is InChI=1S/C13H21N5O2S/c1-8-12(11(4)18(5)17-8)6-7-14-21(19,20)13-9(2)15-16-10(13)3/h14H,6-7H2,1-5H3,(H,15,16). The molecule has 0 aliphatic rings. The van der Waals surface area contributed by atoms with Crippen LogP contribution in [0, 0.1) is 27.7 Å². The predicted molar refractivity (Wildman–Crippen MR) is 79.6 cm³/mol. The van der Waals surface area contributed by atoms with Gasteiger partial charge in [0.2, 0.25) is 10.0 Å². The van der Waals surface area contributed by atoms with Gasteiger partial charge in [-0.2, -0.15) is 10.2 Å². The van der Waals surface area contributed by atoms with Gasteiger partial charge in [0.05, 0.1) is 17.1 Å². The molecular formula is C13H21N5O2S. The highest BCUT2D eigenvalue weighted by atomic mass is 32.2. The molecule has 0 spiro atoms. The Morgan fingerprint density at radius 3 is 2.33 bits per heavy atom. The summed E-state index contributed by atoms with van der Waals surface area (Å²) >= 11 is 0. The maximum Gasteiger partial charge on any atom is 0.244 e. The van der Waals surface area contributed by atoms with Crippen molar-refractivity contribution < 1.29 is 8.42 Å². The maximum atomic E-state index is 12.3. The van der Waals surface area contributed by atoms with Crippen LogP contribution >= 0.6 is 0 Å². The third-order valence-electron chi connectivity index (χ3n) is 3.66. The number of nitrogens with one attached hydrogen (secondary N) is 2. The van der Waals surface area contributed by atoms with Gasteiger partial charge in [0.25, 0.3) is 0 Å². The van der Waals surface area contributed by atoms with Crippen molar-refractivity contribution in [3.8, 4) is 0 Å². The topological polar surface area (TPSA) is 92.7 Å². The average Bonchev–Trinajstić information content (AvgIpc) is 2.84. The van der Waals surface area contributed by atoms with Gasteiger partial charge in [-0.05, 0) is 39.7 Å². The summed E-state index contributed by atoms with van der Waals surface area (Å²) in [5.41, 5.74) is 4.11. The summed E-state index contributed by atoms with van der Waals surface area (Å²) in [5.74, 6) is 0. The third kappa shape index (κ3) is 3.01. The first kappa shape index (κ1) is 15.7. The van der Waals surface area contributed by atoms with E-state index < -0.39 is 10.0 Å². The summed E-state index contributed by atoms with van der Waals surface area (Å²) in [5, 5.41) is 10.9. The fourth-order valence-electron chi connectivity index (χ4n) is 2.50. The minimum Gasteiger partial charge on any atom is -0.281 e. The van der Waals surface area contributed by atoms with Gasteiger partial charge in [0.1, 0.15) is 4.90 Å². The Bertz CT molecular complexity index is 738. The summed E-state index contributed by atoms with van der Waals surface area (Å²) in [6.45, 7) is 7.62. The number of aromatic amines is 1. The molecule has 2 aromatic rings. The summed E-state index contributed by atoms with van der Waals surface area (Å²) in [7, 11) is -1.66. The normalized spacial score (nSPS) is 12.0. The number of aryl methyl sites for hydroxylation is 4. The van der Waals surface area contributed by atoms with E-state index in [9.17, 15) is 8.42 Å². The van der Waals surface area contributed by atoms with E-state index in [1.807, 2.05) is 25.6 Å². The molecule has 2 aromatic heterocycles. The first-order valence-electron chi connectivity index (χ1n) is 6.74. The lowest BCUT2D eigenvalue weighted by atomic mass is 10.1. The summed E-state index contributed by atoms with van der Waals surface area (Å²) in [4.78, 5) is 0.238. The lowest BCUT2D eigenvalue weighted by molar-refractivity contribution is 0.580. The van der Waals surface area contributed by atoms with E-state index in [4.69, 9.17) is 0 Å². The van der Waals surface area contributed by atoms with E-state index in [2.05, 4.69) is 20.0 Å². The largest absolute Gasteiger partial charge is 0.281 e. The van der Waals surface area contributed by atoms with Gasteiger partial charge >= 0.3 is 0 Å². The Labute approximate surface area is 124 Å². The van der Waals surface area contributed by atoms with E-state index in [1.165, 1.54) is 0 Å². The first-order valence-corrected chi connectivity index (χ1v) is 8.22. The highest BCUT2D eigenvalue weighted by Crippen LogP contribution is 2.17. The monoisotopic (exact) mass is 311 g/mol. The Morgan fingerprint density at radius 1 is 1.19 bits per heavy atom. The molecule has 2 N–H and O–H groups in total. The lowest BCUT2D eigenvalue weighted by Gasteiger charge is -2.07. The maximum absolute atomic E-state index is 12.3. The lowest BCUT2D eigenvalue weighted by Crippen LogP contribution is -2.27. The Kier molecular flexibility index (Phi) is 4.20. The molecule has 7 nitrogen and oxygen atoms in total. The summed E-state index contributed by atoms with van der Waals surface area (Å²) < 4.78 is 29.1. The number of hydrogen-bond donors (Lipinski definition) is 2. The van der Waals surface area contributed by atoms with Gasteiger partial charge < -0.3 is 0 Å². The van der Waals surface area contributed by atoms with Crippen LogP contribution < -0.4 is 4.72 Å². The second-order valence-corrected chi connectivity index (χ2v) is 6.89. The van der Waals surface area contributed by atoms with Crippen molar-refractivity contribution in [2.24, 2.45) is 7.05 Å². The van der Waals surface area contributed by atoms with Crippen LogP contribution in [0.15, 0.2) is 4.90 Å². The first-order chi connectivity index (χ1) is 9.74. The van der Waals surface area contributed by atoms with E-state index in [-0.39, 0.29) is 4.90 Å². The van der Waals surface area contributed by atoms with Gasteiger partial charge in [0.15, 0.2) is 0 Å². The van der Waals surface area contributed by atoms with Gasteiger partial charge in [-0.1, -0.05) is 0 Å². The van der Waals surface area contributed by atoms with Crippen LogP contribution in [0.25, 0.3) is 0 Å². The van der Waals surface area contributed by atoms with Crippen LogP contribution in [0.1, 0.15) is 28.3 Å². The summed E-state index contributed by atoms with van der Waals surface area (Å²) in [6.07, 6.45) is 0.612. The number of rotatable bonds is 5. The van der Waals surface area contributed by atoms with Gasteiger partial charge in [-0.3, -0.25) is 9.78 Å². The molecule has 2 heterocycles. The molecule has 0 aliphatic heterocycles. The average molecular weight is 311 g/mol. The van der Waals surface area contributed by atoms with Gasteiger partial charge in [-0.25, -0.2) is 13.1 Å². The van der Waals surface area contributed by atoms with Crippen molar-refractivity contribution in [3.05, 3.63) is 28.3 Å². The molecular weight excluding hydrogens is 290 g/mol. The second-order valence-electron chi connectivity index (χ2n) is 5.18. The van der Waals surface area contributed by atoms with Crippen molar-refractivity contribution in [2.75, 3.05) is 6.54 Å². The van der Waals surface area contributed by atoms with Crippen LogP contribution in [-0.4, -0.2) is 34.9 Å². The van der Waals surface area contributed by atoms with Crippen molar-refractivity contribution in [2.45, 2.75) is 39.0 Å². The Balaban J connectivity index is 2.10. The molecule has 0 saturated carbocycles. The zero-order chi connectivity index (χ0) is 15.8. The van der Waals surface area contributed by atoms with Crippen LogP contribution in [0.4, 0.5) is 0 Å². The molecule has 0 radical (unpaired) electrons. The minimum atomic E-state index is -3.54. The van der Waals surface area contributed by atoms with Crippen LogP contribution in [0.2, 0.25) is 0 Å². The van der Waals surface area contributed by atoms with Crippen LogP contribution in [0.3, 0.4) is 0 Å². The molecule has 21 heavy (non-hydrogen) atoms. The number of nitrogens with zero attached hydrogens (tertiary/aromatic N) is 3. The molecule has 2 rings (SSSR count). The van der Waals surface area contributed by atoms with Gasteiger partial charge in [0, 0.05) is 19.3 Å². The second kappa shape index (κ2) is 5.61. The smallest absolute Gasteiger partial charge is 0.244 e. The van der Waals surface area contributed by atoms with Crippen molar-refractivity contribution in [3.63, 3.8) is 0 Å². The Hall–Kier alpha value is -1.67. The van der Waals surface area contributed by atoms with Crippen LogP contribution in [0.5, 0.6) is 0 Å². The van der Waals surface area contributed by atoms with Crippen LogP contribution in [-0.2, 0) is 23.5 Å². The van der Waals surface area contributed by atoms with Crippen molar-refractivity contribution in [1.29, 1.82) is 0 Å².